The summed E-state index contributed by atoms with van der Waals surface area (Å²) in [6, 6.07) is 6.84. The average molecular weight is 302 g/mol. The van der Waals surface area contributed by atoms with Gasteiger partial charge in [0.25, 0.3) is 0 Å². The molecule has 0 unspecified atom stereocenters. The van der Waals surface area contributed by atoms with Gasteiger partial charge in [-0.3, -0.25) is 0 Å². The molecule has 1 aromatic rings. The SMILES string of the molecule is C=Cc1ccc(C(=O)OCC(=O)OC2(CC)CCCC2)cc1. The van der Waals surface area contributed by atoms with Crippen molar-refractivity contribution in [3.8, 4) is 0 Å². The van der Waals surface area contributed by atoms with E-state index < -0.39 is 11.9 Å². The minimum atomic E-state index is -0.524. The monoisotopic (exact) mass is 302 g/mol. The van der Waals surface area contributed by atoms with E-state index in [-0.39, 0.29) is 12.2 Å². The maximum absolute atomic E-state index is 11.9. The van der Waals surface area contributed by atoms with Crippen molar-refractivity contribution in [1.82, 2.24) is 0 Å². The number of carbonyl (C=O) groups is 2. The molecule has 0 bridgehead atoms. The molecule has 0 heterocycles. The van der Waals surface area contributed by atoms with Gasteiger partial charge in [-0.1, -0.05) is 31.7 Å². The predicted molar refractivity (Wildman–Crippen MR) is 84.4 cm³/mol. The van der Waals surface area contributed by atoms with Crippen LogP contribution in [0.3, 0.4) is 0 Å². The molecule has 1 aromatic carbocycles. The van der Waals surface area contributed by atoms with Crippen molar-refractivity contribution in [2.75, 3.05) is 6.61 Å². The Hall–Kier alpha value is -2.10. The van der Waals surface area contributed by atoms with Gasteiger partial charge in [0.1, 0.15) is 5.60 Å². The molecule has 22 heavy (non-hydrogen) atoms. The smallest absolute Gasteiger partial charge is 0.344 e. The molecule has 2 rings (SSSR count). The zero-order valence-electron chi connectivity index (χ0n) is 13.0. The molecule has 0 saturated heterocycles. The van der Waals surface area contributed by atoms with Crippen molar-refractivity contribution in [2.24, 2.45) is 0 Å². The molecular weight excluding hydrogens is 280 g/mol. The standard InChI is InChI=1S/C18H22O4/c1-3-14-7-9-15(10-8-14)17(20)21-13-16(19)22-18(4-2)11-5-6-12-18/h3,7-10H,1,4-6,11-13H2,2H3. The Morgan fingerprint density at radius 1 is 1.23 bits per heavy atom. The van der Waals surface area contributed by atoms with Crippen LogP contribution in [0, 0.1) is 0 Å². The van der Waals surface area contributed by atoms with Crippen molar-refractivity contribution in [2.45, 2.75) is 44.6 Å². The van der Waals surface area contributed by atoms with Gasteiger partial charge in [0.2, 0.25) is 0 Å². The number of ether oxygens (including phenoxy) is 2. The summed E-state index contributed by atoms with van der Waals surface area (Å²) in [4.78, 5) is 23.8. The van der Waals surface area contributed by atoms with Crippen LogP contribution in [0.4, 0.5) is 0 Å². The zero-order valence-corrected chi connectivity index (χ0v) is 13.0. The van der Waals surface area contributed by atoms with Crippen LogP contribution in [0.25, 0.3) is 6.08 Å². The van der Waals surface area contributed by atoms with Gasteiger partial charge < -0.3 is 9.47 Å². The zero-order chi connectivity index (χ0) is 16.0. The van der Waals surface area contributed by atoms with E-state index in [1.54, 1.807) is 30.3 Å². The minimum absolute atomic E-state index is 0.343. The van der Waals surface area contributed by atoms with Crippen LogP contribution >= 0.6 is 0 Å². The molecule has 118 valence electrons. The number of esters is 2. The lowest BCUT2D eigenvalue weighted by Gasteiger charge is -2.27. The summed E-state index contributed by atoms with van der Waals surface area (Å²) >= 11 is 0. The van der Waals surface area contributed by atoms with Crippen LogP contribution in [-0.4, -0.2) is 24.1 Å². The lowest BCUT2D eigenvalue weighted by atomic mass is 9.99. The van der Waals surface area contributed by atoms with Crippen LogP contribution < -0.4 is 0 Å². The van der Waals surface area contributed by atoms with E-state index in [2.05, 4.69) is 6.58 Å². The third kappa shape index (κ3) is 3.97. The van der Waals surface area contributed by atoms with E-state index in [1.807, 2.05) is 6.92 Å². The fraction of sp³-hybridized carbons (Fsp3) is 0.444. The molecule has 0 atom stereocenters. The van der Waals surface area contributed by atoms with Gasteiger partial charge in [0.15, 0.2) is 6.61 Å². The largest absolute Gasteiger partial charge is 0.457 e. The van der Waals surface area contributed by atoms with Crippen molar-refractivity contribution < 1.29 is 19.1 Å². The predicted octanol–water partition coefficient (Wildman–Crippen LogP) is 3.75. The Kier molecular flexibility index (Phi) is 5.36. The topological polar surface area (TPSA) is 52.6 Å². The molecule has 0 aliphatic heterocycles. The van der Waals surface area contributed by atoms with E-state index in [4.69, 9.17) is 9.47 Å². The number of rotatable bonds is 6. The summed E-state index contributed by atoms with van der Waals surface area (Å²) < 4.78 is 10.6. The minimum Gasteiger partial charge on any atom is -0.457 e. The second-order valence-corrected chi connectivity index (χ2v) is 5.62. The Labute approximate surface area is 131 Å². The Morgan fingerprint density at radius 2 is 1.86 bits per heavy atom. The molecule has 1 aliphatic rings. The van der Waals surface area contributed by atoms with E-state index in [9.17, 15) is 9.59 Å². The summed E-state index contributed by atoms with van der Waals surface area (Å²) in [7, 11) is 0. The molecule has 1 aliphatic carbocycles. The van der Waals surface area contributed by atoms with Crippen LogP contribution in [0.2, 0.25) is 0 Å². The normalized spacial score (nSPS) is 16.0. The second kappa shape index (κ2) is 7.25. The third-order valence-electron chi connectivity index (χ3n) is 4.19. The Bertz CT molecular complexity index is 539. The lowest BCUT2D eigenvalue weighted by Crippen LogP contribution is -2.33. The summed E-state index contributed by atoms with van der Waals surface area (Å²) in [5, 5.41) is 0. The first kappa shape index (κ1) is 16.3. The van der Waals surface area contributed by atoms with Crippen LogP contribution in [-0.2, 0) is 14.3 Å². The van der Waals surface area contributed by atoms with E-state index >= 15 is 0 Å². The first-order valence-electron chi connectivity index (χ1n) is 7.70. The maximum Gasteiger partial charge on any atom is 0.344 e. The number of carbonyl (C=O) groups excluding carboxylic acids is 2. The van der Waals surface area contributed by atoms with Crippen LogP contribution in [0.15, 0.2) is 30.8 Å². The maximum atomic E-state index is 11.9. The highest BCUT2D eigenvalue weighted by molar-refractivity contribution is 5.91. The highest BCUT2D eigenvalue weighted by atomic mass is 16.6. The van der Waals surface area contributed by atoms with Gasteiger partial charge >= 0.3 is 11.9 Å². The molecule has 0 aromatic heterocycles. The quantitative estimate of drug-likeness (QED) is 0.751. The molecule has 4 heteroatoms. The Morgan fingerprint density at radius 3 is 2.41 bits per heavy atom. The second-order valence-electron chi connectivity index (χ2n) is 5.62. The third-order valence-corrected chi connectivity index (χ3v) is 4.19. The highest BCUT2D eigenvalue weighted by Gasteiger charge is 2.35. The van der Waals surface area contributed by atoms with E-state index in [0.29, 0.717) is 5.56 Å². The summed E-state index contributed by atoms with van der Waals surface area (Å²) in [6.45, 7) is 5.33. The van der Waals surface area contributed by atoms with Gasteiger partial charge in [-0.2, -0.15) is 0 Å². The van der Waals surface area contributed by atoms with Crippen molar-refractivity contribution in [1.29, 1.82) is 0 Å². The number of hydrogen-bond donors (Lipinski definition) is 0. The van der Waals surface area contributed by atoms with Crippen molar-refractivity contribution >= 4 is 18.0 Å². The summed E-state index contributed by atoms with van der Waals surface area (Å²) in [6.07, 6.45) is 6.44. The fourth-order valence-electron chi connectivity index (χ4n) is 2.78. The van der Waals surface area contributed by atoms with Gasteiger partial charge in [-0.05, 0) is 49.8 Å². The first-order valence-corrected chi connectivity index (χ1v) is 7.70. The molecule has 0 N–H and O–H groups in total. The van der Waals surface area contributed by atoms with Crippen LogP contribution in [0.1, 0.15) is 54.9 Å². The fourth-order valence-corrected chi connectivity index (χ4v) is 2.78. The van der Waals surface area contributed by atoms with Crippen molar-refractivity contribution in [3.05, 3.63) is 42.0 Å². The molecule has 1 saturated carbocycles. The van der Waals surface area contributed by atoms with Gasteiger partial charge in [0, 0.05) is 0 Å². The van der Waals surface area contributed by atoms with Gasteiger partial charge in [-0.25, -0.2) is 9.59 Å². The summed E-state index contributed by atoms with van der Waals surface area (Å²) in [5.74, 6) is -0.996. The van der Waals surface area contributed by atoms with E-state index in [1.165, 1.54) is 0 Å². The molecule has 0 radical (unpaired) electrons. The molecule has 1 fully saturated rings. The molecule has 4 nitrogen and oxygen atoms in total. The van der Waals surface area contributed by atoms with Gasteiger partial charge in [-0.15, -0.1) is 0 Å². The average Bonchev–Trinajstić information content (AvgIpc) is 3.01. The first-order chi connectivity index (χ1) is 10.6. The van der Waals surface area contributed by atoms with Gasteiger partial charge in [0.05, 0.1) is 5.56 Å². The Balaban J connectivity index is 1.84. The van der Waals surface area contributed by atoms with E-state index in [0.717, 1.165) is 37.7 Å². The van der Waals surface area contributed by atoms with Crippen LogP contribution in [0.5, 0.6) is 0 Å². The highest BCUT2D eigenvalue weighted by Crippen LogP contribution is 2.35. The van der Waals surface area contributed by atoms with Crippen molar-refractivity contribution in [3.63, 3.8) is 0 Å². The molecule has 0 amide bonds. The molecule has 0 spiro atoms. The number of hydrogen-bond acceptors (Lipinski definition) is 4. The molecular formula is C18H22O4. The summed E-state index contributed by atoms with van der Waals surface area (Å²) in [5.41, 5.74) is 0.973. The number of benzene rings is 1. The lowest BCUT2D eigenvalue weighted by molar-refractivity contribution is -0.163.